The van der Waals surface area contributed by atoms with Gasteiger partial charge in [0, 0.05) is 0 Å². The Kier molecular flexibility index (Phi) is 3.68. The lowest BCUT2D eigenvalue weighted by atomic mass is 9.80. The Morgan fingerprint density at radius 3 is 2.67 bits per heavy atom. The molecule has 21 heavy (non-hydrogen) atoms. The average Bonchev–Trinajstić information content (AvgIpc) is 2.48. The second kappa shape index (κ2) is 5.49. The standard InChI is InChI=1S/C18H19FO2/c1-18(20,14-6-8-15(19)9-7-14)12-13-10-11-21-17-5-3-2-4-16(13)17/h2-9,13,20H,10-12H2,1H3. The smallest absolute Gasteiger partial charge is 0.123 e. The normalized spacial score (nSPS) is 20.2. The van der Waals surface area contributed by atoms with Crippen molar-refractivity contribution in [3.05, 3.63) is 65.5 Å². The molecule has 2 nitrogen and oxygen atoms in total. The van der Waals surface area contributed by atoms with Gasteiger partial charge in [0.2, 0.25) is 0 Å². The van der Waals surface area contributed by atoms with Gasteiger partial charge in [0.1, 0.15) is 11.6 Å². The van der Waals surface area contributed by atoms with E-state index in [0.717, 1.165) is 23.3 Å². The maximum absolute atomic E-state index is 13.0. The zero-order chi connectivity index (χ0) is 14.9. The van der Waals surface area contributed by atoms with Crippen molar-refractivity contribution >= 4 is 0 Å². The third-order valence-corrected chi connectivity index (χ3v) is 4.19. The third-order valence-electron chi connectivity index (χ3n) is 4.19. The van der Waals surface area contributed by atoms with Crippen LogP contribution in [0.3, 0.4) is 0 Å². The van der Waals surface area contributed by atoms with Crippen LogP contribution in [-0.2, 0) is 5.60 Å². The Morgan fingerprint density at radius 2 is 1.90 bits per heavy atom. The molecule has 0 aromatic heterocycles. The van der Waals surface area contributed by atoms with Crippen molar-refractivity contribution in [1.29, 1.82) is 0 Å². The molecule has 110 valence electrons. The summed E-state index contributed by atoms with van der Waals surface area (Å²) in [5, 5.41) is 10.8. The number of para-hydroxylation sites is 1. The molecule has 0 radical (unpaired) electrons. The summed E-state index contributed by atoms with van der Waals surface area (Å²) in [4.78, 5) is 0. The molecule has 0 saturated carbocycles. The molecule has 0 spiro atoms. The van der Waals surface area contributed by atoms with Crippen molar-refractivity contribution in [2.45, 2.75) is 31.3 Å². The molecule has 2 unspecified atom stereocenters. The molecular formula is C18H19FO2. The molecule has 0 amide bonds. The van der Waals surface area contributed by atoms with E-state index in [1.165, 1.54) is 12.1 Å². The summed E-state index contributed by atoms with van der Waals surface area (Å²) >= 11 is 0. The monoisotopic (exact) mass is 286 g/mol. The Hall–Kier alpha value is -1.87. The molecule has 1 N–H and O–H groups in total. The van der Waals surface area contributed by atoms with Crippen LogP contribution in [0.4, 0.5) is 4.39 Å². The van der Waals surface area contributed by atoms with Crippen LogP contribution in [0.1, 0.15) is 36.8 Å². The summed E-state index contributed by atoms with van der Waals surface area (Å²) in [6, 6.07) is 14.1. The number of fused-ring (bicyclic) bond motifs is 1. The summed E-state index contributed by atoms with van der Waals surface area (Å²) in [5.41, 5.74) is 0.905. The van der Waals surface area contributed by atoms with Crippen LogP contribution in [0.2, 0.25) is 0 Å². The molecule has 0 saturated heterocycles. The van der Waals surface area contributed by atoms with Gasteiger partial charge in [-0.15, -0.1) is 0 Å². The lowest BCUT2D eigenvalue weighted by Crippen LogP contribution is -2.27. The number of rotatable bonds is 3. The van der Waals surface area contributed by atoms with Crippen LogP contribution in [-0.4, -0.2) is 11.7 Å². The fourth-order valence-corrected chi connectivity index (χ4v) is 3.03. The molecule has 2 aromatic carbocycles. The van der Waals surface area contributed by atoms with Crippen LogP contribution < -0.4 is 4.74 Å². The number of hydrogen-bond acceptors (Lipinski definition) is 2. The second-order valence-electron chi connectivity index (χ2n) is 5.86. The van der Waals surface area contributed by atoms with Gasteiger partial charge in [0.15, 0.2) is 0 Å². The maximum atomic E-state index is 13.0. The quantitative estimate of drug-likeness (QED) is 0.924. The Morgan fingerprint density at radius 1 is 1.19 bits per heavy atom. The molecule has 0 fully saturated rings. The molecule has 1 heterocycles. The molecule has 1 aliphatic rings. The molecule has 3 heteroatoms. The van der Waals surface area contributed by atoms with Crippen molar-refractivity contribution < 1.29 is 14.2 Å². The summed E-state index contributed by atoms with van der Waals surface area (Å²) in [6.45, 7) is 2.46. The van der Waals surface area contributed by atoms with E-state index in [2.05, 4.69) is 6.07 Å². The first-order chi connectivity index (χ1) is 10.1. The summed E-state index contributed by atoms with van der Waals surface area (Å²) in [7, 11) is 0. The van der Waals surface area contributed by atoms with Gasteiger partial charge < -0.3 is 9.84 Å². The van der Waals surface area contributed by atoms with Crippen molar-refractivity contribution in [3.63, 3.8) is 0 Å². The summed E-state index contributed by atoms with van der Waals surface area (Å²) < 4.78 is 18.7. The topological polar surface area (TPSA) is 29.5 Å². The minimum absolute atomic E-state index is 0.245. The highest BCUT2D eigenvalue weighted by Gasteiger charge is 2.31. The number of benzene rings is 2. The van der Waals surface area contributed by atoms with Crippen molar-refractivity contribution in [3.8, 4) is 5.75 Å². The SMILES string of the molecule is CC(O)(CC1CCOc2ccccc21)c1ccc(F)cc1. The number of halogens is 1. The zero-order valence-electron chi connectivity index (χ0n) is 12.1. The van der Waals surface area contributed by atoms with E-state index < -0.39 is 5.60 Å². The first kappa shape index (κ1) is 14.1. The van der Waals surface area contributed by atoms with E-state index in [1.807, 2.05) is 18.2 Å². The van der Waals surface area contributed by atoms with Gasteiger partial charge in [-0.1, -0.05) is 30.3 Å². The molecule has 0 bridgehead atoms. The average molecular weight is 286 g/mol. The van der Waals surface area contributed by atoms with Crippen molar-refractivity contribution in [2.24, 2.45) is 0 Å². The Labute approximate surface area is 124 Å². The minimum atomic E-state index is -0.983. The first-order valence-electron chi connectivity index (χ1n) is 7.26. The fraction of sp³-hybridized carbons (Fsp3) is 0.333. The van der Waals surface area contributed by atoms with Gasteiger partial charge in [-0.2, -0.15) is 0 Å². The molecule has 3 rings (SSSR count). The lowest BCUT2D eigenvalue weighted by Gasteiger charge is -2.32. The Bertz CT molecular complexity index is 619. The Balaban J connectivity index is 1.84. The molecule has 0 aliphatic carbocycles. The van der Waals surface area contributed by atoms with E-state index in [4.69, 9.17) is 4.74 Å². The van der Waals surface area contributed by atoms with Crippen LogP contribution in [0.25, 0.3) is 0 Å². The highest BCUT2D eigenvalue weighted by Crippen LogP contribution is 2.40. The number of aliphatic hydroxyl groups is 1. The van der Waals surface area contributed by atoms with E-state index >= 15 is 0 Å². The lowest BCUT2D eigenvalue weighted by molar-refractivity contribution is 0.0352. The van der Waals surface area contributed by atoms with Gasteiger partial charge in [-0.05, 0) is 55.0 Å². The highest BCUT2D eigenvalue weighted by atomic mass is 19.1. The third kappa shape index (κ3) is 2.93. The molecule has 1 aliphatic heterocycles. The van der Waals surface area contributed by atoms with Gasteiger partial charge >= 0.3 is 0 Å². The van der Waals surface area contributed by atoms with Crippen LogP contribution in [0, 0.1) is 5.82 Å². The molecule has 2 aromatic rings. The number of ether oxygens (including phenoxy) is 1. The highest BCUT2D eigenvalue weighted by molar-refractivity contribution is 5.38. The van der Waals surface area contributed by atoms with Crippen LogP contribution in [0.15, 0.2) is 48.5 Å². The second-order valence-corrected chi connectivity index (χ2v) is 5.86. The van der Waals surface area contributed by atoms with Gasteiger partial charge in [0.25, 0.3) is 0 Å². The first-order valence-corrected chi connectivity index (χ1v) is 7.26. The van der Waals surface area contributed by atoms with Crippen molar-refractivity contribution in [1.82, 2.24) is 0 Å². The molecule has 2 atom stereocenters. The van der Waals surface area contributed by atoms with Gasteiger partial charge in [0.05, 0.1) is 12.2 Å². The van der Waals surface area contributed by atoms with E-state index in [-0.39, 0.29) is 11.7 Å². The van der Waals surface area contributed by atoms with Crippen molar-refractivity contribution in [2.75, 3.05) is 6.61 Å². The fourth-order valence-electron chi connectivity index (χ4n) is 3.03. The van der Waals surface area contributed by atoms with Crippen LogP contribution in [0.5, 0.6) is 5.75 Å². The number of hydrogen-bond donors (Lipinski definition) is 1. The maximum Gasteiger partial charge on any atom is 0.123 e. The zero-order valence-corrected chi connectivity index (χ0v) is 12.1. The minimum Gasteiger partial charge on any atom is -0.493 e. The largest absolute Gasteiger partial charge is 0.493 e. The predicted molar refractivity (Wildman–Crippen MR) is 79.9 cm³/mol. The summed E-state index contributed by atoms with van der Waals surface area (Å²) in [6.07, 6.45) is 1.48. The summed E-state index contributed by atoms with van der Waals surface area (Å²) in [5.74, 6) is 0.865. The van der Waals surface area contributed by atoms with Gasteiger partial charge in [-0.25, -0.2) is 4.39 Å². The van der Waals surface area contributed by atoms with Gasteiger partial charge in [-0.3, -0.25) is 0 Å². The van der Waals surface area contributed by atoms with E-state index in [0.29, 0.717) is 13.0 Å². The predicted octanol–water partition coefficient (Wildman–Crippen LogP) is 3.99. The van der Waals surface area contributed by atoms with Crippen LogP contribution >= 0.6 is 0 Å². The molecular weight excluding hydrogens is 267 g/mol. The van der Waals surface area contributed by atoms with E-state index in [9.17, 15) is 9.50 Å². The van der Waals surface area contributed by atoms with E-state index in [1.54, 1.807) is 19.1 Å².